The highest BCUT2D eigenvalue weighted by Crippen LogP contribution is 2.35. The summed E-state index contributed by atoms with van der Waals surface area (Å²) in [7, 11) is -1.65. The van der Waals surface area contributed by atoms with Gasteiger partial charge < -0.3 is 4.74 Å². The third kappa shape index (κ3) is 3.90. The minimum Gasteiger partial charge on any atom is -0.497 e. The largest absolute Gasteiger partial charge is 0.497 e. The van der Waals surface area contributed by atoms with Gasteiger partial charge in [0.05, 0.1) is 12.9 Å². The lowest BCUT2D eigenvalue weighted by atomic mass is 10.1. The van der Waals surface area contributed by atoms with E-state index >= 15 is 0 Å². The Morgan fingerprint density at radius 2 is 2.05 bits per heavy atom. The minimum atomic E-state index is -3.27. The third-order valence-electron chi connectivity index (χ3n) is 3.82. The summed E-state index contributed by atoms with van der Waals surface area (Å²) in [6.07, 6.45) is 1.76. The Balaban J connectivity index is 2.19. The maximum Gasteiger partial charge on any atom is 0.214 e. The van der Waals surface area contributed by atoms with Gasteiger partial charge in [-0.3, -0.25) is 0 Å². The molecule has 1 heterocycles. The van der Waals surface area contributed by atoms with Crippen LogP contribution in [-0.2, 0) is 10.0 Å². The van der Waals surface area contributed by atoms with Crippen molar-refractivity contribution in [3.63, 3.8) is 0 Å². The van der Waals surface area contributed by atoms with Crippen LogP contribution in [0.2, 0.25) is 0 Å². The van der Waals surface area contributed by atoms with Crippen molar-refractivity contribution in [1.29, 1.82) is 0 Å². The molecule has 1 saturated heterocycles. The lowest BCUT2D eigenvalue weighted by Crippen LogP contribution is -2.34. The Hall–Kier alpha value is -0.780. The summed E-state index contributed by atoms with van der Waals surface area (Å²) in [6.45, 7) is 2.46. The zero-order valence-corrected chi connectivity index (χ0v) is 14.0. The molecule has 0 aliphatic carbocycles. The molecule has 4 nitrogen and oxygen atoms in total. The van der Waals surface area contributed by atoms with Gasteiger partial charge in [-0.05, 0) is 36.5 Å². The molecule has 0 amide bonds. The topological polar surface area (TPSA) is 46.6 Å². The molecule has 1 aromatic rings. The summed E-state index contributed by atoms with van der Waals surface area (Å²) in [4.78, 5) is 0. The Labute approximate surface area is 132 Å². The molecule has 2 unspecified atom stereocenters. The quantitative estimate of drug-likeness (QED) is 0.753. The second kappa shape index (κ2) is 6.99. The summed E-state index contributed by atoms with van der Waals surface area (Å²) < 4.78 is 31.9. The first kappa shape index (κ1) is 16.6. The second-order valence-electron chi connectivity index (χ2n) is 5.58. The van der Waals surface area contributed by atoms with Crippen molar-refractivity contribution in [2.24, 2.45) is 5.92 Å². The fraction of sp³-hybridized carbons (Fsp3) is 0.600. The smallest absolute Gasteiger partial charge is 0.214 e. The Morgan fingerprint density at radius 1 is 1.38 bits per heavy atom. The molecule has 0 radical (unpaired) electrons. The second-order valence-corrected chi connectivity index (χ2v) is 7.85. The number of benzene rings is 1. The van der Waals surface area contributed by atoms with Crippen LogP contribution in [0.5, 0.6) is 5.75 Å². The van der Waals surface area contributed by atoms with Gasteiger partial charge in [0.25, 0.3) is 0 Å². The Kier molecular flexibility index (Phi) is 5.52. The number of rotatable bonds is 6. The van der Waals surface area contributed by atoms with Crippen molar-refractivity contribution in [1.82, 2.24) is 4.31 Å². The van der Waals surface area contributed by atoms with E-state index in [9.17, 15) is 8.42 Å². The van der Waals surface area contributed by atoms with Crippen molar-refractivity contribution in [2.45, 2.75) is 25.8 Å². The molecule has 118 valence electrons. The number of sulfonamides is 1. The van der Waals surface area contributed by atoms with Gasteiger partial charge in [-0.25, -0.2) is 8.42 Å². The van der Waals surface area contributed by atoms with E-state index in [0.717, 1.165) is 24.2 Å². The molecule has 1 fully saturated rings. The summed E-state index contributed by atoms with van der Waals surface area (Å²) >= 11 is 5.75. The number of ether oxygens (including phenoxy) is 1. The van der Waals surface area contributed by atoms with Crippen molar-refractivity contribution >= 4 is 21.6 Å². The first-order valence-electron chi connectivity index (χ1n) is 7.17. The highest BCUT2D eigenvalue weighted by atomic mass is 35.5. The van der Waals surface area contributed by atoms with Gasteiger partial charge in [-0.1, -0.05) is 19.1 Å². The van der Waals surface area contributed by atoms with Crippen LogP contribution in [0.15, 0.2) is 24.3 Å². The number of alkyl halides is 1. The fourth-order valence-electron chi connectivity index (χ4n) is 2.73. The van der Waals surface area contributed by atoms with Crippen LogP contribution in [0.1, 0.15) is 31.4 Å². The van der Waals surface area contributed by atoms with Gasteiger partial charge in [-0.2, -0.15) is 4.31 Å². The van der Waals surface area contributed by atoms with Crippen LogP contribution in [0.4, 0.5) is 0 Å². The van der Waals surface area contributed by atoms with Crippen molar-refractivity contribution in [3.05, 3.63) is 29.8 Å². The van der Waals surface area contributed by atoms with Crippen molar-refractivity contribution in [3.8, 4) is 5.75 Å². The van der Waals surface area contributed by atoms with E-state index in [4.69, 9.17) is 16.3 Å². The number of hydrogen-bond acceptors (Lipinski definition) is 3. The van der Waals surface area contributed by atoms with Crippen LogP contribution >= 0.6 is 11.6 Å². The molecule has 2 atom stereocenters. The van der Waals surface area contributed by atoms with E-state index in [1.807, 2.05) is 31.2 Å². The van der Waals surface area contributed by atoms with E-state index in [-0.39, 0.29) is 17.7 Å². The first-order valence-corrected chi connectivity index (χ1v) is 9.31. The van der Waals surface area contributed by atoms with Crippen LogP contribution < -0.4 is 4.74 Å². The molecule has 2 rings (SSSR count). The van der Waals surface area contributed by atoms with Crippen molar-refractivity contribution < 1.29 is 13.2 Å². The van der Waals surface area contributed by atoms with Crippen LogP contribution in [0.3, 0.4) is 0 Å². The molecule has 1 aliphatic rings. The molecule has 0 aromatic heterocycles. The van der Waals surface area contributed by atoms with Gasteiger partial charge in [0.1, 0.15) is 5.75 Å². The van der Waals surface area contributed by atoms with Crippen molar-refractivity contribution in [2.75, 3.05) is 25.3 Å². The molecule has 1 aliphatic heterocycles. The molecule has 0 spiro atoms. The van der Waals surface area contributed by atoms with Crippen LogP contribution in [0, 0.1) is 5.92 Å². The Morgan fingerprint density at radius 3 is 2.62 bits per heavy atom. The molecule has 6 heteroatoms. The highest BCUT2D eigenvalue weighted by Gasteiger charge is 2.35. The molecular formula is C15H22ClNO3S. The molecule has 0 N–H and O–H groups in total. The molecule has 1 aromatic carbocycles. The number of nitrogens with zero attached hydrogens (tertiary/aromatic N) is 1. The number of halogens is 1. The minimum absolute atomic E-state index is 0.0335. The van der Waals surface area contributed by atoms with E-state index in [2.05, 4.69) is 0 Å². The predicted octanol–water partition coefficient (Wildman–Crippen LogP) is 3.04. The predicted molar refractivity (Wildman–Crippen MR) is 85.3 cm³/mol. The normalized spacial score (nSPS) is 21.4. The van der Waals surface area contributed by atoms with Crippen LogP contribution in [-0.4, -0.2) is 38.0 Å². The molecule has 21 heavy (non-hydrogen) atoms. The van der Waals surface area contributed by atoms with Crippen LogP contribution in [0.25, 0.3) is 0 Å². The van der Waals surface area contributed by atoms with E-state index in [1.165, 1.54) is 0 Å². The van der Waals surface area contributed by atoms with Gasteiger partial charge in [-0.15, -0.1) is 11.6 Å². The zero-order chi connectivity index (χ0) is 15.5. The lowest BCUT2D eigenvalue weighted by molar-refractivity contribution is 0.391. The number of hydrogen-bond donors (Lipinski definition) is 0. The lowest BCUT2D eigenvalue weighted by Gasteiger charge is -2.25. The Bertz CT molecular complexity index is 559. The standard InChI is InChI=1S/C15H22ClNO3S/c1-12(10-16)11-21(18,19)17-9-3-4-15(17)13-5-7-14(20-2)8-6-13/h5-8,12,15H,3-4,9-11H2,1-2H3. The number of methoxy groups -OCH3 is 1. The maximum atomic E-state index is 12.6. The average Bonchev–Trinajstić information content (AvgIpc) is 2.97. The monoisotopic (exact) mass is 331 g/mol. The summed E-state index contributed by atoms with van der Waals surface area (Å²) in [6, 6.07) is 7.58. The summed E-state index contributed by atoms with van der Waals surface area (Å²) in [5, 5.41) is 0. The van der Waals surface area contributed by atoms with E-state index in [0.29, 0.717) is 12.4 Å². The highest BCUT2D eigenvalue weighted by molar-refractivity contribution is 7.89. The average molecular weight is 332 g/mol. The van der Waals surface area contributed by atoms with Gasteiger partial charge in [0.15, 0.2) is 0 Å². The maximum absolute atomic E-state index is 12.6. The first-order chi connectivity index (χ1) is 9.97. The summed E-state index contributed by atoms with van der Waals surface area (Å²) in [5.41, 5.74) is 1.02. The fourth-order valence-corrected chi connectivity index (χ4v) is 5.02. The zero-order valence-electron chi connectivity index (χ0n) is 12.5. The molecule has 0 saturated carbocycles. The molecular weight excluding hydrogens is 310 g/mol. The summed E-state index contributed by atoms with van der Waals surface area (Å²) in [5.74, 6) is 1.22. The SMILES string of the molecule is COc1ccc(C2CCCN2S(=O)(=O)CC(C)CCl)cc1. The third-order valence-corrected chi connectivity index (χ3v) is 6.49. The van der Waals surface area contributed by atoms with Gasteiger partial charge in [0.2, 0.25) is 10.0 Å². The van der Waals surface area contributed by atoms with Gasteiger partial charge in [0, 0.05) is 18.5 Å². The van der Waals surface area contributed by atoms with E-state index < -0.39 is 10.0 Å². The molecule has 0 bridgehead atoms. The van der Waals surface area contributed by atoms with Gasteiger partial charge >= 0.3 is 0 Å². The van der Waals surface area contributed by atoms with E-state index in [1.54, 1.807) is 11.4 Å².